The number of phosphoric ester groups is 1. The molecule has 326 valence electrons. The number of ether oxygens (including phenoxy) is 2. The molecule has 0 heterocycles. The van der Waals surface area contributed by atoms with E-state index < -0.39 is 63.1 Å². The van der Waals surface area contributed by atoms with Crippen LogP contribution in [-0.4, -0.2) is 98.9 Å². The van der Waals surface area contributed by atoms with Crippen molar-refractivity contribution in [3.05, 3.63) is 12.2 Å². The van der Waals surface area contributed by atoms with Crippen molar-refractivity contribution in [2.75, 3.05) is 19.8 Å². The Kier molecular flexibility index (Phi) is 32.2. The van der Waals surface area contributed by atoms with Crippen molar-refractivity contribution in [1.82, 2.24) is 0 Å². The molecule has 6 N–H and O–H groups in total. The van der Waals surface area contributed by atoms with Gasteiger partial charge in [-0.2, -0.15) is 0 Å². The number of hydrogen-bond acceptors (Lipinski definition) is 11. The van der Waals surface area contributed by atoms with E-state index in [0.29, 0.717) is 13.0 Å². The highest BCUT2D eigenvalue weighted by Crippen LogP contribution is 2.47. The van der Waals surface area contributed by atoms with Crippen LogP contribution in [0.4, 0.5) is 0 Å². The largest absolute Gasteiger partial charge is 0.472 e. The van der Waals surface area contributed by atoms with Gasteiger partial charge in [0, 0.05) is 13.0 Å². The molecule has 0 amide bonds. The molecule has 0 aliphatic heterocycles. The Labute approximate surface area is 333 Å². The number of esters is 1. The molecule has 0 saturated heterocycles. The first-order chi connectivity index (χ1) is 26.5. The van der Waals surface area contributed by atoms with Crippen molar-refractivity contribution in [2.45, 2.75) is 230 Å². The van der Waals surface area contributed by atoms with E-state index in [9.17, 15) is 39.8 Å². The lowest BCUT2D eigenvalue weighted by molar-refractivity contribution is -0.220. The maximum atomic E-state index is 12.8. The fourth-order valence-electron chi connectivity index (χ4n) is 6.81. The van der Waals surface area contributed by atoms with Crippen LogP contribution >= 0.6 is 7.82 Å². The van der Waals surface area contributed by atoms with Crippen molar-refractivity contribution < 1.29 is 58.3 Å². The minimum absolute atomic E-state index is 0.0760. The van der Waals surface area contributed by atoms with Gasteiger partial charge in [-0.1, -0.05) is 161 Å². The number of allylic oxidation sites excluding steroid dienone is 2. The predicted molar refractivity (Wildman–Crippen MR) is 217 cm³/mol. The number of carbonyl (C=O) groups is 1. The molecule has 6 atom stereocenters. The third-order valence-corrected chi connectivity index (χ3v) is 11.4. The van der Waals surface area contributed by atoms with Crippen LogP contribution in [0.1, 0.15) is 187 Å². The topological polar surface area (TPSA) is 192 Å². The number of rotatable bonds is 37. The highest BCUT2D eigenvalue weighted by Gasteiger charge is 2.51. The van der Waals surface area contributed by atoms with Crippen LogP contribution in [0.25, 0.3) is 0 Å². The van der Waals surface area contributed by atoms with Gasteiger partial charge < -0.3 is 39.9 Å². The summed E-state index contributed by atoms with van der Waals surface area (Å²) in [6, 6.07) is 0. The summed E-state index contributed by atoms with van der Waals surface area (Å²) in [7, 11) is -5.01. The summed E-state index contributed by atoms with van der Waals surface area (Å²) in [6.45, 7) is 4.22. The fraction of sp³-hybridized carbons (Fsp3) is 0.929. The summed E-state index contributed by atoms with van der Waals surface area (Å²) in [6.07, 6.45) is 22.8. The molecule has 0 radical (unpaired) electrons. The fourth-order valence-corrected chi connectivity index (χ4v) is 7.78. The average Bonchev–Trinajstić information content (AvgIpc) is 3.17. The van der Waals surface area contributed by atoms with Gasteiger partial charge in [-0.25, -0.2) is 4.57 Å². The van der Waals surface area contributed by atoms with Gasteiger partial charge in [-0.05, 0) is 32.1 Å². The van der Waals surface area contributed by atoms with E-state index in [1.807, 2.05) is 0 Å². The van der Waals surface area contributed by atoms with E-state index in [2.05, 4.69) is 26.0 Å². The molecule has 0 aromatic heterocycles. The molecular formula is C42H81O12P. The van der Waals surface area contributed by atoms with E-state index in [4.69, 9.17) is 18.5 Å². The zero-order chi connectivity index (χ0) is 40.6. The Morgan fingerprint density at radius 2 is 0.982 bits per heavy atom. The highest BCUT2D eigenvalue weighted by atomic mass is 31.2. The lowest BCUT2D eigenvalue weighted by Gasteiger charge is -2.41. The Bertz CT molecular complexity index is 968. The molecular weight excluding hydrogens is 727 g/mol. The van der Waals surface area contributed by atoms with E-state index in [0.717, 1.165) is 57.8 Å². The standard InChI is InChI=1S/C42H81O12P/c1-3-5-7-9-11-13-15-17-18-19-20-21-23-25-27-29-31-36(43)53-35(33-51-32-30-28-26-24-22-16-14-12-10-8-6-4-2)34-52-55(49,50)54-42-40(47)38(45)37(44)39(46)41(42)48/h10,12,35,37-42,44-48H,3-9,11,13-34H2,1-2H3,(H,49,50)/b12-10-. The van der Waals surface area contributed by atoms with Crippen molar-refractivity contribution in [2.24, 2.45) is 0 Å². The maximum Gasteiger partial charge on any atom is 0.472 e. The molecule has 55 heavy (non-hydrogen) atoms. The predicted octanol–water partition coefficient (Wildman–Crippen LogP) is 8.36. The van der Waals surface area contributed by atoms with Gasteiger partial charge >= 0.3 is 13.8 Å². The quantitative estimate of drug-likeness (QED) is 0.0152. The third-order valence-electron chi connectivity index (χ3n) is 10.4. The molecule has 1 aliphatic rings. The minimum Gasteiger partial charge on any atom is -0.457 e. The Morgan fingerprint density at radius 3 is 1.49 bits per heavy atom. The summed E-state index contributed by atoms with van der Waals surface area (Å²) in [5.74, 6) is -0.477. The van der Waals surface area contributed by atoms with E-state index in [-0.39, 0.29) is 13.0 Å². The summed E-state index contributed by atoms with van der Waals surface area (Å²) in [5.41, 5.74) is 0. The molecule has 0 spiro atoms. The van der Waals surface area contributed by atoms with Crippen molar-refractivity contribution in [3.8, 4) is 0 Å². The number of phosphoric acid groups is 1. The lowest BCUT2D eigenvalue weighted by atomic mass is 9.85. The van der Waals surface area contributed by atoms with Crippen LogP contribution in [0.2, 0.25) is 0 Å². The first-order valence-electron chi connectivity index (χ1n) is 22.0. The summed E-state index contributed by atoms with van der Waals surface area (Å²) < 4.78 is 34.1. The molecule has 13 heteroatoms. The molecule has 6 unspecified atom stereocenters. The van der Waals surface area contributed by atoms with Crippen molar-refractivity contribution in [3.63, 3.8) is 0 Å². The monoisotopic (exact) mass is 809 g/mol. The first-order valence-corrected chi connectivity index (χ1v) is 23.5. The molecule has 0 aromatic rings. The highest BCUT2D eigenvalue weighted by molar-refractivity contribution is 7.47. The Hall–Kier alpha value is -0.920. The molecule has 12 nitrogen and oxygen atoms in total. The van der Waals surface area contributed by atoms with Crippen LogP contribution in [0.5, 0.6) is 0 Å². The van der Waals surface area contributed by atoms with E-state index in [1.54, 1.807) is 0 Å². The van der Waals surface area contributed by atoms with Crippen LogP contribution in [0.3, 0.4) is 0 Å². The normalized spacial score (nSPS) is 23.3. The Balaban J connectivity index is 2.40. The molecule has 1 saturated carbocycles. The maximum absolute atomic E-state index is 12.8. The number of aliphatic hydroxyl groups is 5. The third kappa shape index (κ3) is 26.7. The number of aliphatic hydroxyl groups excluding tert-OH is 5. The molecule has 1 aliphatic carbocycles. The van der Waals surface area contributed by atoms with Gasteiger partial charge in [0.15, 0.2) is 0 Å². The molecule has 0 aromatic carbocycles. The zero-order valence-electron chi connectivity index (χ0n) is 34.5. The Morgan fingerprint density at radius 1 is 0.564 bits per heavy atom. The van der Waals surface area contributed by atoms with Crippen molar-refractivity contribution in [1.29, 1.82) is 0 Å². The molecule has 1 rings (SSSR count). The second-order valence-electron chi connectivity index (χ2n) is 15.6. The number of unbranched alkanes of at least 4 members (excludes halogenated alkanes) is 23. The summed E-state index contributed by atoms with van der Waals surface area (Å²) >= 11 is 0. The van der Waals surface area contributed by atoms with Crippen LogP contribution in [0.15, 0.2) is 12.2 Å². The number of carbonyl (C=O) groups excluding carboxylic acids is 1. The number of hydrogen-bond donors (Lipinski definition) is 6. The van der Waals surface area contributed by atoms with Gasteiger partial charge in [-0.15, -0.1) is 0 Å². The average molecular weight is 809 g/mol. The first kappa shape index (κ1) is 52.1. The molecule has 1 fully saturated rings. The molecule has 0 bridgehead atoms. The van der Waals surface area contributed by atoms with Crippen LogP contribution in [-0.2, 0) is 27.9 Å². The van der Waals surface area contributed by atoms with E-state index >= 15 is 0 Å². The van der Waals surface area contributed by atoms with Crippen LogP contribution < -0.4 is 0 Å². The van der Waals surface area contributed by atoms with Gasteiger partial charge in [0.05, 0.1) is 13.2 Å². The summed E-state index contributed by atoms with van der Waals surface area (Å²) in [4.78, 5) is 23.1. The minimum atomic E-state index is -5.01. The van der Waals surface area contributed by atoms with E-state index in [1.165, 1.54) is 103 Å². The van der Waals surface area contributed by atoms with Crippen LogP contribution in [0, 0.1) is 0 Å². The van der Waals surface area contributed by atoms with Gasteiger partial charge in [0.2, 0.25) is 0 Å². The second kappa shape index (κ2) is 34.0. The van der Waals surface area contributed by atoms with Gasteiger partial charge in [0.1, 0.15) is 42.7 Å². The SMILES string of the molecule is CCCC/C=C\CCCCCCCCOCC(COP(=O)(O)OC1C(O)C(O)C(O)C(O)C1O)OC(=O)CCCCCCCCCCCCCCCCCC. The smallest absolute Gasteiger partial charge is 0.457 e. The van der Waals surface area contributed by atoms with Gasteiger partial charge in [-0.3, -0.25) is 13.8 Å². The second-order valence-corrected chi connectivity index (χ2v) is 17.0. The summed E-state index contributed by atoms with van der Waals surface area (Å²) in [5, 5.41) is 50.1. The lowest BCUT2D eigenvalue weighted by Crippen LogP contribution is -2.64. The van der Waals surface area contributed by atoms with Crippen molar-refractivity contribution >= 4 is 13.8 Å². The zero-order valence-corrected chi connectivity index (χ0v) is 35.4. The van der Waals surface area contributed by atoms with Gasteiger partial charge in [0.25, 0.3) is 0 Å².